The molecule has 8 heteroatoms. The van der Waals surface area contributed by atoms with E-state index in [0.29, 0.717) is 29.1 Å². The van der Waals surface area contributed by atoms with E-state index in [4.69, 9.17) is 16.3 Å². The van der Waals surface area contributed by atoms with Crippen LogP contribution < -0.4 is 11.1 Å². The van der Waals surface area contributed by atoms with Gasteiger partial charge in [-0.2, -0.15) is 10.5 Å². The zero-order chi connectivity index (χ0) is 19.7. The highest BCUT2D eigenvalue weighted by Gasteiger charge is 2.43. The number of nitrogen functional groups attached to an aromatic ring is 1. The number of nitriles is 2. The highest BCUT2D eigenvalue weighted by atomic mass is 16.2. The van der Waals surface area contributed by atoms with Gasteiger partial charge in [0.05, 0.1) is 36.1 Å². The third-order valence-corrected chi connectivity index (χ3v) is 4.75. The summed E-state index contributed by atoms with van der Waals surface area (Å²) in [5, 5.41) is 22.1. The molecule has 0 spiro atoms. The molecule has 0 radical (unpaired) electrons. The molecule has 3 N–H and O–H groups in total. The maximum Gasteiger partial charge on any atom is 0.230 e. The van der Waals surface area contributed by atoms with Gasteiger partial charge in [-0.05, 0) is 35.6 Å². The number of fused-ring (bicyclic) bond motifs is 1. The molecule has 2 unspecified atom stereocenters. The van der Waals surface area contributed by atoms with Crippen molar-refractivity contribution in [3.63, 3.8) is 0 Å². The predicted molar refractivity (Wildman–Crippen MR) is 102 cm³/mol. The minimum absolute atomic E-state index is 0.204. The quantitative estimate of drug-likeness (QED) is 0.719. The van der Waals surface area contributed by atoms with Gasteiger partial charge in [0, 0.05) is 29.5 Å². The lowest BCUT2D eigenvalue weighted by molar-refractivity contribution is -0.117. The molecular formula is C20H15N7O. The van der Waals surface area contributed by atoms with Crippen molar-refractivity contribution in [3.05, 3.63) is 42.4 Å². The molecule has 4 rings (SSSR count). The fourth-order valence-electron chi connectivity index (χ4n) is 3.12. The van der Waals surface area contributed by atoms with Gasteiger partial charge < -0.3 is 11.1 Å². The molecule has 1 aliphatic rings. The van der Waals surface area contributed by atoms with Gasteiger partial charge in [0.15, 0.2) is 0 Å². The zero-order valence-electron chi connectivity index (χ0n) is 14.8. The molecule has 1 fully saturated rings. The molecule has 136 valence electrons. The Morgan fingerprint density at radius 1 is 1.32 bits per heavy atom. The van der Waals surface area contributed by atoms with Crippen molar-refractivity contribution in [1.29, 1.82) is 10.5 Å². The second-order valence-electron chi connectivity index (χ2n) is 6.62. The van der Waals surface area contributed by atoms with E-state index in [1.165, 1.54) is 0 Å². The van der Waals surface area contributed by atoms with E-state index >= 15 is 0 Å². The molecule has 3 aromatic heterocycles. The monoisotopic (exact) mass is 369 g/mol. The summed E-state index contributed by atoms with van der Waals surface area (Å²) in [5.74, 6) is 0.00204. The summed E-state index contributed by atoms with van der Waals surface area (Å²) in [6.45, 7) is 0. The van der Waals surface area contributed by atoms with Crippen molar-refractivity contribution in [3.8, 4) is 23.4 Å². The van der Waals surface area contributed by atoms with Crippen molar-refractivity contribution >= 4 is 28.3 Å². The van der Waals surface area contributed by atoms with E-state index in [0.717, 1.165) is 16.5 Å². The minimum atomic E-state index is -0.274. The van der Waals surface area contributed by atoms with Gasteiger partial charge in [-0.25, -0.2) is 9.97 Å². The molecule has 3 aromatic rings. The Labute approximate surface area is 160 Å². The molecule has 1 amide bonds. The normalized spacial score (nSPS) is 17.5. The van der Waals surface area contributed by atoms with Gasteiger partial charge in [0.1, 0.15) is 11.6 Å². The Balaban J connectivity index is 1.70. The predicted octanol–water partition coefficient (Wildman–Crippen LogP) is 2.44. The molecule has 0 aromatic carbocycles. The van der Waals surface area contributed by atoms with Crippen LogP contribution in [-0.2, 0) is 11.2 Å². The minimum Gasteiger partial charge on any atom is -0.383 e. The third kappa shape index (κ3) is 3.19. The Morgan fingerprint density at radius 3 is 2.93 bits per heavy atom. The fourth-order valence-corrected chi connectivity index (χ4v) is 3.12. The number of rotatable bonds is 4. The van der Waals surface area contributed by atoms with E-state index in [9.17, 15) is 4.79 Å². The molecule has 0 aliphatic heterocycles. The first-order valence-electron chi connectivity index (χ1n) is 8.67. The summed E-state index contributed by atoms with van der Waals surface area (Å²) in [5.41, 5.74) is 8.24. The van der Waals surface area contributed by atoms with Crippen molar-refractivity contribution < 1.29 is 4.79 Å². The second kappa shape index (κ2) is 6.93. The van der Waals surface area contributed by atoms with Gasteiger partial charge in [-0.3, -0.25) is 9.78 Å². The highest BCUT2D eigenvalue weighted by Crippen LogP contribution is 2.38. The number of nitrogens with one attached hydrogen (secondary N) is 1. The standard InChI is InChI=1S/C20H15N7O/c21-3-1-11-2-4-24-9-15(11)17-6-12-7-18(25-10-16(12)19(23)26-17)27-20(28)14-5-13(14)8-22/h2,4,6-7,9-10,13-14H,1,5H2,(H2,23,26)(H,25,27,28). The summed E-state index contributed by atoms with van der Waals surface area (Å²) in [6, 6.07) is 9.56. The van der Waals surface area contributed by atoms with Crippen LogP contribution >= 0.6 is 0 Å². The first kappa shape index (κ1) is 17.4. The molecular weight excluding hydrogens is 354 g/mol. The van der Waals surface area contributed by atoms with E-state index in [1.807, 2.05) is 6.07 Å². The summed E-state index contributed by atoms with van der Waals surface area (Å²) < 4.78 is 0. The van der Waals surface area contributed by atoms with E-state index in [2.05, 4.69) is 32.4 Å². The third-order valence-electron chi connectivity index (χ3n) is 4.75. The van der Waals surface area contributed by atoms with Crippen LogP contribution in [0.4, 0.5) is 11.6 Å². The van der Waals surface area contributed by atoms with Crippen molar-refractivity contribution in [2.45, 2.75) is 12.8 Å². The van der Waals surface area contributed by atoms with Crippen LogP contribution in [0.1, 0.15) is 12.0 Å². The van der Waals surface area contributed by atoms with Gasteiger partial charge >= 0.3 is 0 Å². The van der Waals surface area contributed by atoms with Crippen LogP contribution in [0.2, 0.25) is 0 Å². The van der Waals surface area contributed by atoms with Gasteiger partial charge in [0.25, 0.3) is 0 Å². The topological polar surface area (TPSA) is 141 Å². The lowest BCUT2D eigenvalue weighted by atomic mass is 10.0. The lowest BCUT2D eigenvalue weighted by Crippen LogP contribution is -2.15. The van der Waals surface area contributed by atoms with Gasteiger partial charge in [0.2, 0.25) is 5.91 Å². The average Bonchev–Trinajstić information content (AvgIpc) is 3.48. The zero-order valence-corrected chi connectivity index (χ0v) is 14.8. The van der Waals surface area contributed by atoms with Crippen LogP contribution in [0.15, 0.2) is 36.8 Å². The number of pyridine rings is 3. The van der Waals surface area contributed by atoms with E-state index in [1.54, 1.807) is 30.7 Å². The number of amides is 1. The SMILES string of the molecule is N#CCc1ccncc1-c1cc2cc(NC(=O)C3CC3C#N)ncc2c(N)n1. The molecule has 3 heterocycles. The van der Waals surface area contributed by atoms with Crippen LogP contribution in [-0.4, -0.2) is 20.9 Å². The number of nitrogens with two attached hydrogens (primary N) is 1. The van der Waals surface area contributed by atoms with E-state index < -0.39 is 0 Å². The summed E-state index contributed by atoms with van der Waals surface area (Å²) in [7, 11) is 0. The molecule has 1 saturated carbocycles. The molecule has 1 aliphatic carbocycles. The summed E-state index contributed by atoms with van der Waals surface area (Å²) >= 11 is 0. The molecule has 2 atom stereocenters. The number of carbonyl (C=O) groups excluding carboxylic acids is 1. The van der Waals surface area contributed by atoms with Crippen molar-refractivity contribution in [1.82, 2.24) is 15.0 Å². The Bertz CT molecular complexity index is 1180. The lowest BCUT2D eigenvalue weighted by Gasteiger charge is -2.10. The average molecular weight is 369 g/mol. The first-order chi connectivity index (χ1) is 13.6. The molecule has 8 nitrogen and oxygen atoms in total. The van der Waals surface area contributed by atoms with Gasteiger partial charge in [-0.15, -0.1) is 0 Å². The van der Waals surface area contributed by atoms with Crippen LogP contribution in [0.25, 0.3) is 22.0 Å². The van der Waals surface area contributed by atoms with Crippen LogP contribution in [0.5, 0.6) is 0 Å². The summed E-state index contributed by atoms with van der Waals surface area (Å²) in [6.07, 6.45) is 5.66. The Morgan fingerprint density at radius 2 is 2.18 bits per heavy atom. The molecule has 28 heavy (non-hydrogen) atoms. The molecule has 0 bridgehead atoms. The number of hydrogen-bond acceptors (Lipinski definition) is 7. The van der Waals surface area contributed by atoms with Crippen molar-refractivity contribution in [2.75, 3.05) is 11.1 Å². The summed E-state index contributed by atoms with van der Waals surface area (Å²) in [4.78, 5) is 25.0. The Hall–Kier alpha value is -4.04. The highest BCUT2D eigenvalue weighted by molar-refractivity contribution is 5.98. The number of nitrogens with zero attached hydrogens (tertiary/aromatic N) is 5. The first-order valence-corrected chi connectivity index (χ1v) is 8.67. The largest absolute Gasteiger partial charge is 0.383 e. The maximum atomic E-state index is 12.2. The molecule has 0 saturated heterocycles. The van der Waals surface area contributed by atoms with Gasteiger partial charge in [-0.1, -0.05) is 0 Å². The number of hydrogen-bond donors (Lipinski definition) is 2. The second-order valence-corrected chi connectivity index (χ2v) is 6.62. The van der Waals surface area contributed by atoms with Crippen LogP contribution in [0, 0.1) is 34.5 Å². The number of aromatic nitrogens is 3. The Kier molecular flexibility index (Phi) is 4.30. The fraction of sp³-hybridized carbons (Fsp3) is 0.200. The smallest absolute Gasteiger partial charge is 0.230 e. The van der Waals surface area contributed by atoms with Crippen LogP contribution in [0.3, 0.4) is 0 Å². The van der Waals surface area contributed by atoms with E-state index in [-0.39, 0.29) is 24.2 Å². The number of carbonyl (C=O) groups is 1. The van der Waals surface area contributed by atoms with Crippen molar-refractivity contribution in [2.24, 2.45) is 11.8 Å². The maximum absolute atomic E-state index is 12.2. The number of anilines is 2.